The zero-order chi connectivity index (χ0) is 21.6. The molecule has 0 fully saturated rings. The molecular formula is C22H21BrN2O4S. The Labute approximate surface area is 184 Å². The number of methoxy groups -OCH3 is 1. The average molecular weight is 489 g/mol. The molecule has 3 rings (SSSR count). The molecule has 2 N–H and O–H groups in total. The van der Waals surface area contributed by atoms with Crippen molar-refractivity contribution in [2.45, 2.75) is 17.4 Å². The van der Waals surface area contributed by atoms with Crippen LogP contribution in [0.5, 0.6) is 5.75 Å². The first-order valence-electron chi connectivity index (χ1n) is 9.15. The van der Waals surface area contributed by atoms with Gasteiger partial charge in [0, 0.05) is 4.47 Å². The zero-order valence-corrected chi connectivity index (χ0v) is 18.6. The summed E-state index contributed by atoms with van der Waals surface area (Å²) in [5, 5.41) is 2.79. The molecule has 0 aliphatic carbocycles. The van der Waals surface area contributed by atoms with Crippen molar-refractivity contribution >= 4 is 37.5 Å². The van der Waals surface area contributed by atoms with Crippen LogP contribution in [0, 0.1) is 0 Å². The number of carbonyl (C=O) groups is 1. The third-order valence-corrected chi connectivity index (χ3v) is 6.58. The minimum absolute atomic E-state index is 0.0510. The fraction of sp³-hybridized carbons (Fsp3) is 0.136. The number of para-hydroxylation sites is 1. The number of ether oxygens (including phenoxy) is 1. The van der Waals surface area contributed by atoms with Crippen molar-refractivity contribution in [3.63, 3.8) is 0 Å². The Hall–Kier alpha value is -2.68. The van der Waals surface area contributed by atoms with E-state index in [1.165, 1.54) is 19.2 Å². The predicted octanol–water partition coefficient (Wildman–Crippen LogP) is 3.99. The minimum atomic E-state index is -3.93. The topological polar surface area (TPSA) is 84.5 Å². The lowest BCUT2D eigenvalue weighted by molar-refractivity contribution is -0.117. The summed E-state index contributed by atoms with van der Waals surface area (Å²) in [6.07, 6.45) is 0.201. The highest BCUT2D eigenvalue weighted by Crippen LogP contribution is 2.22. The summed E-state index contributed by atoms with van der Waals surface area (Å²) in [5.41, 5.74) is 1.39. The molecule has 156 valence electrons. The normalized spacial score (nSPS) is 12.2. The number of rotatable bonds is 8. The second kappa shape index (κ2) is 9.88. The van der Waals surface area contributed by atoms with E-state index in [1.54, 1.807) is 30.3 Å². The van der Waals surface area contributed by atoms with Gasteiger partial charge in [-0.3, -0.25) is 4.79 Å². The van der Waals surface area contributed by atoms with E-state index in [4.69, 9.17) is 4.74 Å². The second-order valence-corrected chi connectivity index (χ2v) is 9.08. The summed E-state index contributed by atoms with van der Waals surface area (Å²) in [4.78, 5) is 13.1. The fourth-order valence-corrected chi connectivity index (χ4v) is 4.41. The molecule has 0 aromatic heterocycles. The van der Waals surface area contributed by atoms with E-state index >= 15 is 0 Å². The largest absolute Gasteiger partial charge is 0.497 e. The molecule has 1 amide bonds. The van der Waals surface area contributed by atoms with Crippen molar-refractivity contribution in [1.29, 1.82) is 0 Å². The average Bonchev–Trinajstić information content (AvgIpc) is 2.75. The van der Waals surface area contributed by atoms with Crippen LogP contribution in [0.4, 0.5) is 5.69 Å². The molecule has 0 aliphatic rings. The van der Waals surface area contributed by atoms with E-state index < -0.39 is 22.0 Å². The smallest absolute Gasteiger partial charge is 0.242 e. The van der Waals surface area contributed by atoms with Crippen LogP contribution in [-0.4, -0.2) is 27.5 Å². The molecule has 6 nitrogen and oxygen atoms in total. The molecule has 0 bridgehead atoms. The lowest BCUT2D eigenvalue weighted by atomic mass is 10.1. The van der Waals surface area contributed by atoms with Gasteiger partial charge in [-0.25, -0.2) is 8.42 Å². The standard InChI is InChI=1S/C22H21BrN2O4S/c1-29-17-11-13-18(14-12-17)30(27,28)25-21(15-16-7-3-2-4-8-16)22(26)24-20-10-6-5-9-19(20)23/h2-14,21,25H,15H2,1H3,(H,24,26). The number of carbonyl (C=O) groups excluding carboxylic acids is 1. The summed E-state index contributed by atoms with van der Waals surface area (Å²) in [5.74, 6) is 0.0873. The molecule has 0 saturated heterocycles. The maximum absolute atomic E-state index is 13.0. The van der Waals surface area contributed by atoms with Gasteiger partial charge in [-0.1, -0.05) is 42.5 Å². The number of amides is 1. The second-order valence-electron chi connectivity index (χ2n) is 6.51. The predicted molar refractivity (Wildman–Crippen MR) is 120 cm³/mol. The molecule has 30 heavy (non-hydrogen) atoms. The van der Waals surface area contributed by atoms with Crippen LogP contribution in [-0.2, 0) is 21.2 Å². The molecule has 3 aromatic carbocycles. The molecule has 0 spiro atoms. The van der Waals surface area contributed by atoms with Crippen molar-refractivity contribution in [3.05, 3.63) is 88.9 Å². The van der Waals surface area contributed by atoms with Gasteiger partial charge < -0.3 is 10.1 Å². The number of hydrogen-bond donors (Lipinski definition) is 2. The molecule has 0 heterocycles. The maximum atomic E-state index is 13.0. The van der Waals surface area contributed by atoms with Crippen molar-refractivity contribution in [2.24, 2.45) is 0 Å². The first kappa shape index (κ1) is 22.0. The van der Waals surface area contributed by atoms with Gasteiger partial charge in [-0.05, 0) is 64.3 Å². The molecule has 1 unspecified atom stereocenters. The van der Waals surface area contributed by atoms with Crippen LogP contribution in [0.2, 0.25) is 0 Å². The third-order valence-electron chi connectivity index (χ3n) is 4.40. The lowest BCUT2D eigenvalue weighted by Gasteiger charge is -2.19. The highest BCUT2D eigenvalue weighted by Gasteiger charge is 2.26. The van der Waals surface area contributed by atoms with Crippen molar-refractivity contribution in [2.75, 3.05) is 12.4 Å². The van der Waals surface area contributed by atoms with Gasteiger partial charge in [0.15, 0.2) is 0 Å². The van der Waals surface area contributed by atoms with Gasteiger partial charge in [-0.15, -0.1) is 0 Å². The van der Waals surface area contributed by atoms with Crippen molar-refractivity contribution in [3.8, 4) is 5.75 Å². The van der Waals surface area contributed by atoms with Crippen molar-refractivity contribution in [1.82, 2.24) is 4.72 Å². The number of anilines is 1. The number of halogens is 1. The highest BCUT2D eigenvalue weighted by molar-refractivity contribution is 9.10. The molecule has 0 aliphatic heterocycles. The summed E-state index contributed by atoms with van der Waals surface area (Å²) in [7, 11) is -2.43. The summed E-state index contributed by atoms with van der Waals surface area (Å²) in [6.45, 7) is 0. The third kappa shape index (κ3) is 5.69. The van der Waals surface area contributed by atoms with Gasteiger partial charge in [0.05, 0.1) is 17.7 Å². The Kier molecular flexibility index (Phi) is 7.25. The van der Waals surface area contributed by atoms with E-state index in [0.717, 1.165) is 5.56 Å². The Morgan fingerprint density at radius 1 is 0.967 bits per heavy atom. The van der Waals surface area contributed by atoms with Crippen LogP contribution in [0.15, 0.2) is 88.2 Å². The number of hydrogen-bond acceptors (Lipinski definition) is 4. The van der Waals surface area contributed by atoms with E-state index in [2.05, 4.69) is 26.0 Å². The van der Waals surface area contributed by atoms with Gasteiger partial charge in [0.25, 0.3) is 0 Å². The van der Waals surface area contributed by atoms with E-state index in [1.807, 2.05) is 36.4 Å². The van der Waals surface area contributed by atoms with Gasteiger partial charge >= 0.3 is 0 Å². The number of sulfonamides is 1. The van der Waals surface area contributed by atoms with Crippen LogP contribution in [0.25, 0.3) is 0 Å². The Balaban J connectivity index is 1.86. The number of benzene rings is 3. The molecular weight excluding hydrogens is 468 g/mol. The Bertz CT molecular complexity index is 1100. The number of nitrogens with one attached hydrogen (secondary N) is 2. The van der Waals surface area contributed by atoms with E-state index in [-0.39, 0.29) is 11.3 Å². The molecule has 3 aromatic rings. The summed E-state index contributed by atoms with van der Waals surface area (Å²) in [6, 6.07) is 21.4. The quantitative estimate of drug-likeness (QED) is 0.502. The molecule has 0 radical (unpaired) electrons. The fourth-order valence-electron chi connectivity index (χ4n) is 2.83. The summed E-state index contributed by atoms with van der Waals surface area (Å²) < 4.78 is 34.1. The SMILES string of the molecule is COc1ccc(S(=O)(=O)NC(Cc2ccccc2)C(=O)Nc2ccccc2Br)cc1. The first-order valence-corrected chi connectivity index (χ1v) is 11.4. The summed E-state index contributed by atoms with van der Waals surface area (Å²) >= 11 is 3.39. The van der Waals surface area contributed by atoms with E-state index in [0.29, 0.717) is 15.9 Å². The highest BCUT2D eigenvalue weighted by atomic mass is 79.9. The monoisotopic (exact) mass is 488 g/mol. The van der Waals surface area contributed by atoms with Crippen molar-refractivity contribution < 1.29 is 17.9 Å². The van der Waals surface area contributed by atoms with Gasteiger partial charge in [0.1, 0.15) is 11.8 Å². The van der Waals surface area contributed by atoms with Crippen LogP contribution in [0.3, 0.4) is 0 Å². The van der Waals surface area contributed by atoms with Gasteiger partial charge in [-0.2, -0.15) is 4.72 Å². The first-order chi connectivity index (χ1) is 14.4. The minimum Gasteiger partial charge on any atom is -0.497 e. The molecule has 0 saturated carbocycles. The lowest BCUT2D eigenvalue weighted by Crippen LogP contribution is -2.45. The molecule has 8 heteroatoms. The van der Waals surface area contributed by atoms with E-state index in [9.17, 15) is 13.2 Å². The Morgan fingerprint density at radius 3 is 2.23 bits per heavy atom. The Morgan fingerprint density at radius 2 is 1.60 bits per heavy atom. The zero-order valence-electron chi connectivity index (χ0n) is 16.2. The maximum Gasteiger partial charge on any atom is 0.242 e. The van der Waals surface area contributed by atoms with Crippen LogP contribution in [0.1, 0.15) is 5.56 Å². The molecule has 1 atom stereocenters. The van der Waals surface area contributed by atoms with Gasteiger partial charge in [0.2, 0.25) is 15.9 Å². The van der Waals surface area contributed by atoms with Crippen LogP contribution < -0.4 is 14.8 Å². The van der Waals surface area contributed by atoms with Crippen LogP contribution >= 0.6 is 15.9 Å².